The van der Waals surface area contributed by atoms with E-state index < -0.39 is 0 Å². The maximum atomic E-state index is 9.98. The summed E-state index contributed by atoms with van der Waals surface area (Å²) in [5.74, 6) is -0.375. The third-order valence-corrected chi connectivity index (χ3v) is 1.43. The molecule has 2 N–H and O–H groups in total. The second-order valence-corrected chi connectivity index (χ2v) is 3.52. The van der Waals surface area contributed by atoms with E-state index in [1.807, 2.05) is 0 Å². The molecule has 0 saturated carbocycles. The molecule has 5 heteroatoms. The summed E-state index contributed by atoms with van der Waals surface area (Å²) in [4.78, 5) is 9.98. The Labute approximate surface area is 130 Å². The number of unbranched alkanes of at least 4 members (excludes halogenated alkanes) is 2. The molecule has 0 unspecified atom stereocenters. The molecule has 0 spiro atoms. The van der Waals surface area contributed by atoms with E-state index in [0.717, 1.165) is 31.8 Å². The molecular formula is C13H27O4Zr-. The standard InChI is InChI=1S/C5H8O2.2C4H10O.Zr/c1-4(6)3-5(2)7;2*1-2-3-4-5;/h3,6H,1-2H3;2*5H,2-4H2,1H3;/p-1/b4-3-;;;. The fourth-order valence-electron chi connectivity index (χ4n) is 0.602. The molecule has 108 valence electrons. The second kappa shape index (κ2) is 25.8. The van der Waals surface area contributed by atoms with Crippen molar-refractivity contribution < 1.29 is 46.3 Å². The summed E-state index contributed by atoms with van der Waals surface area (Å²) in [6, 6.07) is 0. The first-order valence-electron chi connectivity index (χ1n) is 6.03. The van der Waals surface area contributed by atoms with Crippen molar-refractivity contribution >= 4 is 5.78 Å². The van der Waals surface area contributed by atoms with Crippen molar-refractivity contribution in [2.24, 2.45) is 0 Å². The van der Waals surface area contributed by atoms with Crippen molar-refractivity contribution in [3.8, 4) is 0 Å². The van der Waals surface area contributed by atoms with E-state index in [1.54, 1.807) is 0 Å². The van der Waals surface area contributed by atoms with Crippen molar-refractivity contribution in [2.45, 2.75) is 53.4 Å². The number of carbonyl (C=O) groups excluding carboxylic acids is 1. The molecular weight excluding hydrogens is 311 g/mol. The summed E-state index contributed by atoms with van der Waals surface area (Å²) in [6.07, 6.45) is 5.13. The van der Waals surface area contributed by atoms with E-state index in [9.17, 15) is 9.90 Å². The molecule has 0 aromatic rings. The maximum absolute atomic E-state index is 9.98. The van der Waals surface area contributed by atoms with E-state index in [-0.39, 0.29) is 37.7 Å². The molecule has 0 rings (SSSR count). The third kappa shape index (κ3) is 56.2. The third-order valence-electron chi connectivity index (χ3n) is 1.43. The Hall–Kier alpha value is 0.0131. The number of aliphatic hydroxyl groups is 2. The van der Waals surface area contributed by atoms with Gasteiger partial charge in [-0.3, -0.25) is 4.79 Å². The largest absolute Gasteiger partial charge is 0.876 e. The Morgan fingerprint density at radius 2 is 1.39 bits per heavy atom. The molecule has 0 aliphatic carbocycles. The van der Waals surface area contributed by atoms with Crippen LogP contribution < -0.4 is 5.11 Å². The Morgan fingerprint density at radius 1 is 1.06 bits per heavy atom. The summed E-state index contributed by atoms with van der Waals surface area (Å²) < 4.78 is 0. The number of carbonyl (C=O) groups is 1. The van der Waals surface area contributed by atoms with Gasteiger partial charge in [0.05, 0.1) is 0 Å². The van der Waals surface area contributed by atoms with Gasteiger partial charge in [0.2, 0.25) is 0 Å². The van der Waals surface area contributed by atoms with Gasteiger partial charge < -0.3 is 15.3 Å². The first-order valence-corrected chi connectivity index (χ1v) is 6.03. The van der Waals surface area contributed by atoms with E-state index in [1.165, 1.54) is 13.8 Å². The topological polar surface area (TPSA) is 80.6 Å². The number of ketones is 1. The first-order chi connectivity index (χ1) is 7.95. The van der Waals surface area contributed by atoms with Crippen LogP contribution in [-0.2, 0) is 31.0 Å². The van der Waals surface area contributed by atoms with Gasteiger partial charge >= 0.3 is 0 Å². The van der Waals surface area contributed by atoms with Crippen LogP contribution in [0.1, 0.15) is 53.4 Å². The van der Waals surface area contributed by atoms with Crippen molar-refractivity contribution in [1.82, 2.24) is 0 Å². The Balaban J connectivity index is -0.0000000813. The van der Waals surface area contributed by atoms with Gasteiger partial charge in [-0.05, 0) is 25.8 Å². The van der Waals surface area contributed by atoms with Gasteiger partial charge in [0, 0.05) is 39.4 Å². The monoisotopic (exact) mass is 337 g/mol. The van der Waals surface area contributed by atoms with Crippen LogP contribution in [0, 0.1) is 0 Å². The fraction of sp³-hybridized carbons (Fsp3) is 0.769. The smallest absolute Gasteiger partial charge is 0.151 e. The predicted octanol–water partition coefficient (Wildman–Crippen LogP) is 1.39. The fourth-order valence-corrected chi connectivity index (χ4v) is 0.602. The number of hydrogen-bond donors (Lipinski definition) is 2. The molecule has 0 fully saturated rings. The molecule has 0 aromatic heterocycles. The van der Waals surface area contributed by atoms with Crippen LogP contribution in [0.25, 0.3) is 0 Å². The van der Waals surface area contributed by atoms with Gasteiger partial charge in [-0.25, -0.2) is 0 Å². The first kappa shape index (κ1) is 26.6. The van der Waals surface area contributed by atoms with Crippen LogP contribution in [0.3, 0.4) is 0 Å². The maximum Gasteiger partial charge on any atom is 0.151 e. The minimum absolute atomic E-state index is 0. The predicted molar refractivity (Wildman–Crippen MR) is 68.4 cm³/mol. The van der Waals surface area contributed by atoms with Crippen LogP contribution in [0.4, 0.5) is 0 Å². The van der Waals surface area contributed by atoms with Gasteiger partial charge in [-0.15, -0.1) is 5.76 Å². The molecule has 0 bridgehead atoms. The Bertz CT molecular complexity index is 168. The minimum Gasteiger partial charge on any atom is -0.876 e. The SMILES string of the molecule is CC(=O)/C=C(/C)[O-].CCCCO.CCCCO.[Zr]. The van der Waals surface area contributed by atoms with Gasteiger partial charge in [0.1, 0.15) is 0 Å². The average Bonchev–Trinajstić information content (AvgIpc) is 2.19. The molecule has 0 aromatic carbocycles. The number of aliphatic hydroxyl groups excluding tert-OH is 2. The molecule has 0 saturated heterocycles. The van der Waals surface area contributed by atoms with Gasteiger partial charge in [0.15, 0.2) is 5.78 Å². The molecule has 0 aliphatic rings. The van der Waals surface area contributed by atoms with Gasteiger partial charge in [0.25, 0.3) is 0 Å². The van der Waals surface area contributed by atoms with Crippen molar-refractivity contribution in [3.63, 3.8) is 0 Å². The summed E-state index contributed by atoms with van der Waals surface area (Å²) in [6.45, 7) is 7.49. The summed E-state index contributed by atoms with van der Waals surface area (Å²) in [5, 5.41) is 26.1. The normalized spacial score (nSPS) is 9.11. The molecule has 4 nitrogen and oxygen atoms in total. The van der Waals surface area contributed by atoms with Crippen LogP contribution in [0.15, 0.2) is 11.8 Å². The van der Waals surface area contributed by atoms with E-state index >= 15 is 0 Å². The molecule has 0 amide bonds. The second-order valence-electron chi connectivity index (χ2n) is 3.52. The van der Waals surface area contributed by atoms with Gasteiger partial charge in [-0.1, -0.05) is 33.6 Å². The van der Waals surface area contributed by atoms with E-state index in [4.69, 9.17) is 10.2 Å². The quantitative estimate of drug-likeness (QED) is 0.586. The van der Waals surface area contributed by atoms with Crippen LogP contribution in [0.2, 0.25) is 0 Å². The minimum atomic E-state index is -0.187. The Kier molecular flexibility index (Phi) is 38.0. The molecule has 0 aliphatic heterocycles. The van der Waals surface area contributed by atoms with Gasteiger partial charge in [-0.2, -0.15) is 0 Å². The van der Waals surface area contributed by atoms with Crippen molar-refractivity contribution in [1.29, 1.82) is 0 Å². The molecule has 0 heterocycles. The Morgan fingerprint density at radius 3 is 1.39 bits per heavy atom. The number of hydrogen-bond acceptors (Lipinski definition) is 4. The summed E-state index contributed by atoms with van der Waals surface area (Å²) in [7, 11) is 0. The van der Waals surface area contributed by atoms with Crippen LogP contribution >= 0.6 is 0 Å². The number of rotatable bonds is 5. The summed E-state index contributed by atoms with van der Waals surface area (Å²) >= 11 is 0. The zero-order chi connectivity index (χ0) is 14.1. The van der Waals surface area contributed by atoms with Crippen molar-refractivity contribution in [2.75, 3.05) is 13.2 Å². The van der Waals surface area contributed by atoms with E-state index in [0.29, 0.717) is 13.2 Å². The molecule has 0 atom stereocenters. The van der Waals surface area contributed by atoms with E-state index in [2.05, 4.69) is 13.8 Å². The zero-order valence-electron chi connectivity index (χ0n) is 12.0. The van der Waals surface area contributed by atoms with Crippen LogP contribution in [-0.4, -0.2) is 29.2 Å². The van der Waals surface area contributed by atoms with Crippen molar-refractivity contribution in [3.05, 3.63) is 11.8 Å². The number of allylic oxidation sites excluding steroid dienone is 2. The zero-order valence-corrected chi connectivity index (χ0v) is 14.5. The summed E-state index contributed by atoms with van der Waals surface area (Å²) in [5.41, 5.74) is 0. The van der Waals surface area contributed by atoms with Crippen LogP contribution in [0.5, 0.6) is 0 Å². The molecule has 0 radical (unpaired) electrons. The molecule has 18 heavy (non-hydrogen) atoms. The average molecular weight is 339 g/mol.